The number of carbonyl (C=O) groups is 5. The summed E-state index contributed by atoms with van der Waals surface area (Å²) in [5.41, 5.74) is 0.181. The molecular weight excluding hydrogens is 778 g/mol. The van der Waals surface area contributed by atoms with Crippen LogP contribution in [-0.2, 0) is 28.7 Å². The summed E-state index contributed by atoms with van der Waals surface area (Å²) in [6.45, 7) is 27.7. The van der Waals surface area contributed by atoms with Gasteiger partial charge in [0.25, 0.3) is 0 Å². The lowest BCUT2D eigenvalue weighted by molar-refractivity contribution is -0.138. The van der Waals surface area contributed by atoms with Gasteiger partial charge < -0.3 is 40.0 Å². The third-order valence-corrected chi connectivity index (χ3v) is 7.62. The first-order valence-electron chi connectivity index (χ1n) is 18.4. The molecule has 54 heavy (non-hydrogen) atoms. The molecule has 2 unspecified atom stereocenters. The van der Waals surface area contributed by atoms with Gasteiger partial charge in [-0.2, -0.15) is 0 Å². The highest BCUT2D eigenvalue weighted by atomic mass is 79.9. The molecule has 12 nitrogen and oxygen atoms in total. The topological polar surface area (TPSA) is 146 Å². The monoisotopic (exact) mass is 843 g/mol. The Bertz CT molecular complexity index is 1240. The number of nitrogens with zero attached hydrogens (tertiary/aromatic N) is 2. The van der Waals surface area contributed by atoms with Crippen molar-refractivity contribution in [2.75, 3.05) is 46.9 Å². The van der Waals surface area contributed by atoms with E-state index in [0.717, 1.165) is 30.9 Å². The van der Waals surface area contributed by atoms with Gasteiger partial charge in [-0.3, -0.25) is 14.4 Å². The summed E-state index contributed by atoms with van der Waals surface area (Å²) in [5, 5.41) is 8.23. The average Bonchev–Trinajstić information content (AvgIpc) is 3.90. The molecule has 4 amide bonds. The van der Waals surface area contributed by atoms with E-state index in [2.05, 4.69) is 79.0 Å². The van der Waals surface area contributed by atoms with Crippen LogP contribution in [0.3, 0.4) is 0 Å². The van der Waals surface area contributed by atoms with Crippen LogP contribution in [-0.4, -0.2) is 111 Å². The first-order valence-corrected chi connectivity index (χ1v) is 19.5. The maximum atomic E-state index is 12.9. The van der Waals surface area contributed by atoms with Gasteiger partial charge in [-0.1, -0.05) is 92.9 Å². The van der Waals surface area contributed by atoms with Crippen LogP contribution < -0.4 is 16.0 Å². The molecule has 0 aromatic heterocycles. The number of amides is 4. The molecule has 1 saturated heterocycles. The molecule has 2 rings (SSSR count). The summed E-state index contributed by atoms with van der Waals surface area (Å²) in [6, 6.07) is -1.03. The number of halogens is 2. The lowest BCUT2D eigenvalue weighted by atomic mass is 10.0. The second-order valence-corrected chi connectivity index (χ2v) is 15.8. The number of rotatable bonds is 18. The average molecular weight is 845 g/mol. The zero-order chi connectivity index (χ0) is 41.9. The molecule has 0 aromatic rings. The minimum Gasteiger partial charge on any atom is -0.444 e. The highest BCUT2D eigenvalue weighted by Crippen LogP contribution is 2.25. The van der Waals surface area contributed by atoms with E-state index in [4.69, 9.17) is 21.1 Å². The number of hydrogen-bond donors (Lipinski definition) is 3. The van der Waals surface area contributed by atoms with E-state index in [1.54, 1.807) is 40.0 Å². The fraction of sp³-hybridized carbons (Fsp3) is 0.625. The molecule has 2 aliphatic rings. The fourth-order valence-corrected chi connectivity index (χ4v) is 4.78. The predicted octanol–water partition coefficient (Wildman–Crippen LogP) is 6.81. The fourth-order valence-electron chi connectivity index (χ4n) is 4.38. The van der Waals surface area contributed by atoms with Crippen LogP contribution >= 0.6 is 27.5 Å². The summed E-state index contributed by atoms with van der Waals surface area (Å²) < 4.78 is 11.3. The number of likely N-dealkylation sites (tertiary alicyclic amines) is 1. The highest BCUT2D eigenvalue weighted by molar-refractivity contribution is 9.11. The van der Waals surface area contributed by atoms with Gasteiger partial charge in [0, 0.05) is 23.1 Å². The number of carbonyl (C=O) groups excluding carboxylic acids is 5. The normalized spacial score (nSPS) is 15.6. The van der Waals surface area contributed by atoms with E-state index >= 15 is 0 Å². The van der Waals surface area contributed by atoms with Crippen LogP contribution in [0.2, 0.25) is 0 Å². The SMILES string of the molecule is C1CC1.C=CCC(C(=O)NCC=O)N(C)C(=O)CNC(=O)OC(C)(C)C.C=CCOCC1CCCN1C(=O)[C@H](C/C(=C/C(=C)Cl)C(=C)Br)NC.CC(C)C. The standard InChI is InChI=1S/C18H26BrClN2O2.C15H25N3O5.C4H10.C3H6/c1-5-9-24-12-16-7-6-8-22(16)18(23)17(21-4)11-15(14(3)19)10-13(2)20;1-6-7-11(13(21)16-8-9-19)18(5)12(20)10-17-14(22)23-15(2,3)4;1-4(2)3;1-2-3-1/h5,10,16-17,21H,1-3,6-9,11-12H2,4H3;6,9,11H,1,7-8,10H2,2-5H3,(H,16,21)(H,17,22);4H,1-3H3;1-3H2/b15-10-;;;/t16?,17-;;;/m0.../s1. The van der Waals surface area contributed by atoms with Crippen molar-refractivity contribution in [2.24, 2.45) is 5.92 Å². The van der Waals surface area contributed by atoms with Crippen molar-refractivity contribution < 1.29 is 33.4 Å². The van der Waals surface area contributed by atoms with E-state index in [1.165, 1.54) is 37.3 Å². The second-order valence-electron chi connectivity index (χ2n) is 14.3. The minimum atomic E-state index is -0.805. The number of nitrogens with one attached hydrogen (secondary N) is 3. The van der Waals surface area contributed by atoms with Gasteiger partial charge in [-0.15, -0.1) is 13.2 Å². The Balaban J connectivity index is 0. The molecule has 0 radical (unpaired) electrons. The third kappa shape index (κ3) is 27.3. The molecule has 0 spiro atoms. The maximum Gasteiger partial charge on any atom is 0.408 e. The van der Waals surface area contributed by atoms with Crippen LogP contribution in [0.25, 0.3) is 0 Å². The van der Waals surface area contributed by atoms with Crippen LogP contribution in [0, 0.1) is 5.92 Å². The zero-order valence-electron chi connectivity index (χ0n) is 33.9. The Labute approximate surface area is 338 Å². The van der Waals surface area contributed by atoms with Gasteiger partial charge in [-0.05, 0) is 71.1 Å². The van der Waals surface area contributed by atoms with Gasteiger partial charge >= 0.3 is 6.09 Å². The molecule has 2 fully saturated rings. The Hall–Kier alpha value is -3.26. The first-order chi connectivity index (χ1) is 25.3. The van der Waals surface area contributed by atoms with Crippen LogP contribution in [0.1, 0.15) is 86.5 Å². The van der Waals surface area contributed by atoms with Crippen molar-refractivity contribution in [2.45, 2.75) is 110 Å². The number of aldehydes is 1. The predicted molar refractivity (Wildman–Crippen MR) is 223 cm³/mol. The largest absolute Gasteiger partial charge is 0.444 e. The molecule has 3 N–H and O–H groups in total. The van der Waals surface area contributed by atoms with Crippen molar-refractivity contribution >= 4 is 57.6 Å². The third-order valence-electron chi connectivity index (χ3n) is 7.01. The van der Waals surface area contributed by atoms with Gasteiger partial charge in [0.2, 0.25) is 17.7 Å². The molecule has 1 heterocycles. The van der Waals surface area contributed by atoms with Crippen molar-refractivity contribution in [1.29, 1.82) is 0 Å². The number of hydrogen-bond acceptors (Lipinski definition) is 8. The Kier molecular flexibility index (Phi) is 29.4. The molecule has 1 saturated carbocycles. The zero-order valence-corrected chi connectivity index (χ0v) is 36.3. The number of alkyl carbamates (subject to hydrolysis) is 1. The summed E-state index contributed by atoms with van der Waals surface area (Å²) in [7, 11) is 3.22. The quantitative estimate of drug-likeness (QED) is 0.0591. The van der Waals surface area contributed by atoms with E-state index in [9.17, 15) is 24.0 Å². The Morgan fingerprint density at radius 2 is 1.63 bits per heavy atom. The van der Waals surface area contributed by atoms with Gasteiger partial charge in [0.05, 0.1) is 31.8 Å². The maximum absolute atomic E-state index is 12.9. The molecule has 308 valence electrons. The van der Waals surface area contributed by atoms with E-state index in [0.29, 0.717) is 35.4 Å². The molecule has 1 aliphatic carbocycles. The second kappa shape index (κ2) is 30.0. The van der Waals surface area contributed by atoms with Crippen molar-refractivity contribution in [3.05, 3.63) is 59.6 Å². The summed E-state index contributed by atoms with van der Waals surface area (Å²) >= 11 is 9.24. The van der Waals surface area contributed by atoms with Crippen LogP contribution in [0.15, 0.2) is 59.6 Å². The van der Waals surface area contributed by atoms with Crippen molar-refractivity contribution in [1.82, 2.24) is 25.8 Å². The molecular formula is C40H67BrClN5O7. The van der Waals surface area contributed by atoms with Gasteiger partial charge in [-0.25, -0.2) is 4.79 Å². The Morgan fingerprint density at radius 1 is 1.04 bits per heavy atom. The Morgan fingerprint density at radius 3 is 2.07 bits per heavy atom. The van der Waals surface area contributed by atoms with Crippen LogP contribution in [0.4, 0.5) is 4.79 Å². The molecule has 1 aliphatic heterocycles. The van der Waals surface area contributed by atoms with Crippen molar-refractivity contribution in [3.63, 3.8) is 0 Å². The first kappa shape index (κ1) is 52.8. The lowest BCUT2D eigenvalue weighted by Gasteiger charge is -2.29. The molecule has 0 bridgehead atoms. The van der Waals surface area contributed by atoms with E-state index < -0.39 is 29.6 Å². The van der Waals surface area contributed by atoms with Crippen LogP contribution in [0.5, 0.6) is 0 Å². The summed E-state index contributed by atoms with van der Waals surface area (Å²) in [6.07, 6.45) is 11.9. The van der Waals surface area contributed by atoms with Gasteiger partial charge in [0.1, 0.15) is 24.5 Å². The molecule has 14 heteroatoms. The lowest BCUT2D eigenvalue weighted by Crippen LogP contribution is -2.50. The summed E-state index contributed by atoms with van der Waals surface area (Å²) in [4.78, 5) is 61.9. The molecule has 3 atom stereocenters. The number of likely N-dealkylation sites (N-methyl/N-ethyl adjacent to an activating group) is 2. The van der Waals surface area contributed by atoms with E-state index in [1.807, 2.05) is 4.90 Å². The highest BCUT2D eigenvalue weighted by Gasteiger charge is 2.33. The number of ether oxygens (including phenoxy) is 2. The number of allylic oxidation sites excluding steroid dienone is 3. The minimum absolute atomic E-state index is 0.0713. The van der Waals surface area contributed by atoms with Crippen molar-refractivity contribution in [3.8, 4) is 0 Å². The molecule has 0 aromatic carbocycles. The smallest absolute Gasteiger partial charge is 0.408 e. The van der Waals surface area contributed by atoms with Gasteiger partial charge in [0.15, 0.2) is 0 Å². The van der Waals surface area contributed by atoms with E-state index in [-0.39, 0.29) is 37.5 Å². The summed E-state index contributed by atoms with van der Waals surface area (Å²) in [5.74, 6) is -0.0314.